The SMILES string of the molecule is CN1[C]N(N(C)C)C=C1. The van der Waals surface area contributed by atoms with Gasteiger partial charge in [-0.15, -0.1) is 0 Å². The van der Waals surface area contributed by atoms with Gasteiger partial charge in [0.1, 0.15) is 0 Å². The van der Waals surface area contributed by atoms with Crippen molar-refractivity contribution in [2.75, 3.05) is 21.1 Å². The predicted octanol–water partition coefficient (Wildman–Crippen LogP) is 0.178. The minimum atomic E-state index is 1.88. The lowest BCUT2D eigenvalue weighted by atomic mass is 10.9. The summed E-state index contributed by atoms with van der Waals surface area (Å²) in [7, 11) is 5.88. The summed E-state index contributed by atoms with van der Waals surface area (Å²) < 4.78 is 0. The Morgan fingerprint density at radius 1 is 1.33 bits per heavy atom. The zero-order valence-corrected chi connectivity index (χ0v) is 6.00. The number of rotatable bonds is 1. The van der Waals surface area contributed by atoms with Crippen molar-refractivity contribution >= 4 is 0 Å². The second kappa shape index (κ2) is 2.27. The molecule has 0 N–H and O–H groups in total. The topological polar surface area (TPSA) is 9.72 Å². The van der Waals surface area contributed by atoms with E-state index in [1.807, 2.05) is 48.5 Å². The minimum absolute atomic E-state index is 1.88. The van der Waals surface area contributed by atoms with Gasteiger partial charge in [-0.05, 0) is 0 Å². The Bertz CT molecular complexity index is 119. The van der Waals surface area contributed by atoms with Crippen molar-refractivity contribution in [2.45, 2.75) is 0 Å². The molecule has 0 aromatic rings. The summed E-state index contributed by atoms with van der Waals surface area (Å²) in [6.45, 7) is 3.03. The first-order valence-corrected chi connectivity index (χ1v) is 2.84. The highest BCUT2D eigenvalue weighted by atomic mass is 15.6. The van der Waals surface area contributed by atoms with E-state index in [4.69, 9.17) is 0 Å². The molecule has 0 aromatic carbocycles. The molecule has 3 heteroatoms. The number of hydrazine groups is 1. The Labute approximate surface area is 56.1 Å². The summed E-state index contributed by atoms with van der Waals surface area (Å²) in [5.41, 5.74) is 0. The van der Waals surface area contributed by atoms with E-state index in [9.17, 15) is 0 Å². The van der Waals surface area contributed by atoms with Gasteiger partial charge in [-0.2, -0.15) is 0 Å². The van der Waals surface area contributed by atoms with Crippen LogP contribution in [0.2, 0.25) is 0 Å². The lowest BCUT2D eigenvalue weighted by Crippen LogP contribution is -2.30. The quantitative estimate of drug-likeness (QED) is 0.495. The van der Waals surface area contributed by atoms with E-state index in [0.717, 1.165) is 0 Å². The van der Waals surface area contributed by atoms with E-state index < -0.39 is 0 Å². The second-order valence-corrected chi connectivity index (χ2v) is 2.20. The standard InChI is InChI=1S/C6H11N3/c1-7(2)9-5-4-8(3)6-9/h4-5H,1-3H3. The van der Waals surface area contributed by atoms with Crippen molar-refractivity contribution in [3.8, 4) is 0 Å². The molecule has 0 unspecified atom stereocenters. The summed E-state index contributed by atoms with van der Waals surface area (Å²) in [6, 6.07) is 0. The molecule has 0 fully saturated rings. The molecule has 1 rings (SSSR count). The molecular weight excluding hydrogens is 114 g/mol. The molecule has 1 aliphatic rings. The van der Waals surface area contributed by atoms with E-state index in [1.54, 1.807) is 0 Å². The maximum absolute atomic E-state index is 3.03. The highest BCUT2D eigenvalue weighted by Gasteiger charge is 2.11. The molecule has 0 spiro atoms. The van der Waals surface area contributed by atoms with Gasteiger partial charge in [0, 0.05) is 33.5 Å². The highest BCUT2D eigenvalue weighted by molar-refractivity contribution is 4.92. The first-order valence-electron chi connectivity index (χ1n) is 2.84. The molecule has 2 radical (unpaired) electrons. The second-order valence-electron chi connectivity index (χ2n) is 2.20. The first-order chi connectivity index (χ1) is 4.20. The van der Waals surface area contributed by atoms with Crippen LogP contribution in [-0.2, 0) is 0 Å². The molecule has 0 bridgehead atoms. The Morgan fingerprint density at radius 2 is 2.00 bits per heavy atom. The maximum atomic E-state index is 3.03. The van der Waals surface area contributed by atoms with Gasteiger partial charge in [-0.3, -0.25) is 5.01 Å². The molecular formula is C6H11N3. The van der Waals surface area contributed by atoms with Crippen LogP contribution in [-0.4, -0.2) is 36.1 Å². The van der Waals surface area contributed by atoms with Crippen molar-refractivity contribution < 1.29 is 0 Å². The van der Waals surface area contributed by atoms with Crippen LogP contribution in [0.3, 0.4) is 0 Å². The summed E-state index contributed by atoms with van der Waals surface area (Å²) >= 11 is 0. The lowest BCUT2D eigenvalue weighted by Gasteiger charge is -2.22. The van der Waals surface area contributed by atoms with Crippen LogP contribution < -0.4 is 0 Å². The van der Waals surface area contributed by atoms with Crippen LogP contribution in [0.25, 0.3) is 0 Å². The van der Waals surface area contributed by atoms with E-state index in [1.165, 1.54) is 0 Å². The molecule has 0 aromatic heterocycles. The third-order valence-electron chi connectivity index (χ3n) is 1.12. The monoisotopic (exact) mass is 125 g/mol. The van der Waals surface area contributed by atoms with Gasteiger partial charge >= 0.3 is 0 Å². The van der Waals surface area contributed by atoms with E-state index in [-0.39, 0.29) is 0 Å². The molecule has 1 heterocycles. The summed E-state index contributed by atoms with van der Waals surface area (Å²) in [5, 5.41) is 3.82. The number of hydrogen-bond donors (Lipinski definition) is 0. The fraction of sp³-hybridized carbons (Fsp3) is 0.500. The van der Waals surface area contributed by atoms with E-state index in [0.29, 0.717) is 0 Å². The average Bonchev–Trinajstić information content (AvgIpc) is 2.14. The van der Waals surface area contributed by atoms with E-state index in [2.05, 4.69) is 6.67 Å². The van der Waals surface area contributed by atoms with Gasteiger partial charge in [0.05, 0.1) is 0 Å². The molecule has 0 aliphatic carbocycles. The highest BCUT2D eigenvalue weighted by Crippen LogP contribution is 2.08. The average molecular weight is 125 g/mol. The normalized spacial score (nSPS) is 18.2. The molecule has 0 saturated carbocycles. The van der Waals surface area contributed by atoms with Crippen LogP contribution in [0, 0.1) is 6.67 Å². The predicted molar refractivity (Wildman–Crippen MR) is 35.7 cm³/mol. The maximum Gasteiger partial charge on any atom is 0.223 e. The summed E-state index contributed by atoms with van der Waals surface area (Å²) in [4.78, 5) is 1.88. The molecule has 1 aliphatic heterocycles. The van der Waals surface area contributed by atoms with Crippen LogP contribution in [0.15, 0.2) is 12.4 Å². The van der Waals surface area contributed by atoms with Gasteiger partial charge in [-0.25, -0.2) is 5.01 Å². The van der Waals surface area contributed by atoms with Crippen LogP contribution in [0.1, 0.15) is 0 Å². The Kier molecular flexibility index (Phi) is 1.62. The van der Waals surface area contributed by atoms with Crippen molar-refractivity contribution in [1.82, 2.24) is 14.9 Å². The van der Waals surface area contributed by atoms with Crippen molar-refractivity contribution in [1.29, 1.82) is 0 Å². The van der Waals surface area contributed by atoms with Crippen molar-refractivity contribution in [3.63, 3.8) is 0 Å². The first kappa shape index (κ1) is 6.42. The minimum Gasteiger partial charge on any atom is -0.348 e. The summed E-state index contributed by atoms with van der Waals surface area (Å²) in [6.07, 6.45) is 3.89. The molecule has 9 heavy (non-hydrogen) atoms. The fourth-order valence-corrected chi connectivity index (χ4v) is 0.614. The van der Waals surface area contributed by atoms with Gasteiger partial charge < -0.3 is 4.90 Å². The zero-order valence-electron chi connectivity index (χ0n) is 6.00. The Hall–Kier alpha value is -0.700. The molecule has 3 nitrogen and oxygen atoms in total. The smallest absolute Gasteiger partial charge is 0.223 e. The Morgan fingerprint density at radius 3 is 2.22 bits per heavy atom. The zero-order chi connectivity index (χ0) is 6.85. The summed E-state index contributed by atoms with van der Waals surface area (Å²) in [5.74, 6) is 0. The van der Waals surface area contributed by atoms with E-state index >= 15 is 0 Å². The largest absolute Gasteiger partial charge is 0.348 e. The molecule has 0 saturated heterocycles. The van der Waals surface area contributed by atoms with Crippen LogP contribution in [0.4, 0.5) is 0 Å². The number of nitrogens with zero attached hydrogens (tertiary/aromatic N) is 3. The van der Waals surface area contributed by atoms with Gasteiger partial charge in [-0.1, -0.05) is 0 Å². The van der Waals surface area contributed by atoms with Crippen LogP contribution in [0.5, 0.6) is 0 Å². The van der Waals surface area contributed by atoms with Crippen molar-refractivity contribution in [3.05, 3.63) is 19.1 Å². The number of hydrogen-bond acceptors (Lipinski definition) is 3. The Balaban J connectivity index is 2.41. The third kappa shape index (κ3) is 1.36. The fourth-order valence-electron chi connectivity index (χ4n) is 0.614. The lowest BCUT2D eigenvalue weighted by molar-refractivity contribution is 0.105. The van der Waals surface area contributed by atoms with Crippen LogP contribution >= 0.6 is 0 Å². The molecule has 0 amide bonds. The van der Waals surface area contributed by atoms with Gasteiger partial charge in [0.15, 0.2) is 0 Å². The van der Waals surface area contributed by atoms with Crippen molar-refractivity contribution in [2.24, 2.45) is 0 Å². The van der Waals surface area contributed by atoms with Gasteiger partial charge in [0.25, 0.3) is 0 Å². The third-order valence-corrected chi connectivity index (χ3v) is 1.12. The molecule has 0 atom stereocenters. The molecule has 50 valence electrons. The van der Waals surface area contributed by atoms with Gasteiger partial charge in [0.2, 0.25) is 6.67 Å².